The summed E-state index contributed by atoms with van der Waals surface area (Å²) in [5.74, 6) is -0.421. The summed E-state index contributed by atoms with van der Waals surface area (Å²) in [6, 6.07) is 2.14. The van der Waals surface area contributed by atoms with Crippen LogP contribution in [0.2, 0.25) is 0 Å². The molecule has 0 unspecified atom stereocenters. The normalized spacial score (nSPS) is 10.6. The first kappa shape index (κ1) is 12.8. The minimum atomic E-state index is -0.643. The summed E-state index contributed by atoms with van der Waals surface area (Å²) in [6.45, 7) is 3.82. The van der Waals surface area contributed by atoms with Crippen molar-refractivity contribution in [1.82, 2.24) is 0 Å². The number of nitro groups is 1. The maximum Gasteiger partial charge on any atom is 0.276 e. The number of hydrogen-bond acceptors (Lipinski definition) is 4. The topological polar surface area (TPSA) is 52.4 Å². The van der Waals surface area contributed by atoms with Gasteiger partial charge >= 0.3 is 0 Å². The van der Waals surface area contributed by atoms with E-state index in [0.29, 0.717) is 4.90 Å². The highest BCUT2D eigenvalue weighted by Gasteiger charge is 2.18. The summed E-state index contributed by atoms with van der Waals surface area (Å²) in [4.78, 5) is 10.2. The van der Waals surface area contributed by atoms with E-state index in [0.717, 1.165) is 6.07 Å². The molecule has 4 nitrogen and oxygen atoms in total. The van der Waals surface area contributed by atoms with Gasteiger partial charge in [0.2, 0.25) is 0 Å². The molecule has 0 aliphatic rings. The van der Waals surface area contributed by atoms with E-state index < -0.39 is 10.7 Å². The number of thioether (sulfide) groups is 1. The van der Waals surface area contributed by atoms with Crippen LogP contribution in [0.15, 0.2) is 17.0 Å². The number of rotatable bonds is 4. The van der Waals surface area contributed by atoms with Crippen molar-refractivity contribution in [1.29, 1.82) is 0 Å². The minimum Gasteiger partial charge on any atom is -0.495 e. The van der Waals surface area contributed by atoms with Crippen molar-refractivity contribution in [3.63, 3.8) is 0 Å². The van der Waals surface area contributed by atoms with Crippen molar-refractivity contribution in [3.05, 3.63) is 28.1 Å². The summed E-state index contributed by atoms with van der Waals surface area (Å²) in [5.41, 5.74) is -0.303. The summed E-state index contributed by atoms with van der Waals surface area (Å²) >= 11 is 1.27. The Morgan fingerprint density at radius 1 is 1.50 bits per heavy atom. The fourth-order valence-corrected chi connectivity index (χ4v) is 2.06. The molecule has 0 amide bonds. The molecule has 0 saturated heterocycles. The van der Waals surface area contributed by atoms with Gasteiger partial charge in [0.25, 0.3) is 5.69 Å². The molecule has 0 N–H and O–H groups in total. The molecule has 0 spiro atoms. The predicted octanol–water partition coefficient (Wildman–Crippen LogP) is 3.24. The van der Waals surface area contributed by atoms with Gasteiger partial charge in [0, 0.05) is 5.25 Å². The number of non-ortho nitro benzene ring substituents is 1. The number of methoxy groups -OCH3 is 1. The molecule has 1 rings (SSSR count). The Hall–Kier alpha value is -1.30. The molecule has 0 atom stereocenters. The smallest absolute Gasteiger partial charge is 0.276 e. The molecule has 0 saturated carbocycles. The number of benzene rings is 1. The highest BCUT2D eigenvalue weighted by molar-refractivity contribution is 8.00. The van der Waals surface area contributed by atoms with Crippen molar-refractivity contribution >= 4 is 17.4 Å². The summed E-state index contributed by atoms with van der Waals surface area (Å²) < 4.78 is 18.6. The molecule has 1 aromatic carbocycles. The minimum absolute atomic E-state index is 0.171. The molecule has 0 aliphatic heterocycles. The number of nitrogens with zero attached hydrogens (tertiary/aromatic N) is 1. The van der Waals surface area contributed by atoms with Crippen molar-refractivity contribution in [3.8, 4) is 5.75 Å². The van der Waals surface area contributed by atoms with Crippen molar-refractivity contribution in [2.45, 2.75) is 24.0 Å². The van der Waals surface area contributed by atoms with Crippen LogP contribution in [0.3, 0.4) is 0 Å². The number of nitro benzene ring substituents is 1. The predicted molar refractivity (Wildman–Crippen MR) is 60.6 cm³/mol. The van der Waals surface area contributed by atoms with Gasteiger partial charge in [0.05, 0.1) is 29.1 Å². The zero-order valence-electron chi connectivity index (χ0n) is 9.19. The molecule has 1 aromatic rings. The molecule has 0 heterocycles. The second-order valence-corrected chi connectivity index (χ2v) is 4.97. The molecule has 0 radical (unpaired) electrons. The van der Waals surface area contributed by atoms with Crippen LogP contribution in [0.1, 0.15) is 13.8 Å². The Morgan fingerprint density at radius 3 is 2.56 bits per heavy atom. The van der Waals surface area contributed by atoms with E-state index in [1.165, 1.54) is 24.9 Å². The van der Waals surface area contributed by atoms with E-state index in [2.05, 4.69) is 0 Å². The Bertz CT molecular complexity index is 409. The molecule has 6 heteroatoms. The third kappa shape index (κ3) is 2.85. The first-order valence-corrected chi connectivity index (χ1v) is 5.52. The van der Waals surface area contributed by atoms with Gasteiger partial charge in [-0.05, 0) is 0 Å². The average Bonchev–Trinajstić information content (AvgIpc) is 2.19. The SMILES string of the molecule is COc1cc([N+](=O)[O-])cc(F)c1SC(C)C. The van der Waals surface area contributed by atoms with Gasteiger partial charge in [-0.1, -0.05) is 13.8 Å². The van der Waals surface area contributed by atoms with Crippen LogP contribution in [0.25, 0.3) is 0 Å². The second kappa shape index (κ2) is 5.16. The lowest BCUT2D eigenvalue weighted by Gasteiger charge is -2.10. The van der Waals surface area contributed by atoms with Crippen molar-refractivity contribution in [2.75, 3.05) is 7.11 Å². The number of halogens is 1. The monoisotopic (exact) mass is 245 g/mol. The van der Waals surface area contributed by atoms with Gasteiger partial charge < -0.3 is 4.74 Å². The maximum absolute atomic E-state index is 13.6. The van der Waals surface area contributed by atoms with Crippen molar-refractivity contribution < 1.29 is 14.1 Å². The van der Waals surface area contributed by atoms with Crippen LogP contribution in [-0.2, 0) is 0 Å². The fourth-order valence-electron chi connectivity index (χ4n) is 1.16. The summed E-state index contributed by atoms with van der Waals surface area (Å²) in [5, 5.41) is 10.7. The van der Waals surface area contributed by atoms with Gasteiger partial charge in [0.15, 0.2) is 0 Å². The van der Waals surface area contributed by atoms with E-state index in [9.17, 15) is 14.5 Å². The maximum atomic E-state index is 13.6. The molecule has 0 fully saturated rings. The molecular formula is C10H12FNO3S. The van der Waals surface area contributed by atoms with E-state index in [1.54, 1.807) is 0 Å². The highest BCUT2D eigenvalue weighted by Crippen LogP contribution is 2.37. The number of ether oxygens (including phenoxy) is 1. The van der Waals surface area contributed by atoms with Crippen molar-refractivity contribution in [2.24, 2.45) is 0 Å². The Morgan fingerprint density at radius 2 is 2.12 bits per heavy atom. The molecule has 0 bridgehead atoms. The van der Waals surface area contributed by atoms with Crippen LogP contribution < -0.4 is 4.74 Å². The quantitative estimate of drug-likeness (QED) is 0.464. The van der Waals surface area contributed by atoms with E-state index in [-0.39, 0.29) is 16.7 Å². The Balaban J connectivity index is 3.23. The molecule has 0 aliphatic carbocycles. The first-order valence-electron chi connectivity index (χ1n) is 4.64. The van der Waals surface area contributed by atoms with Gasteiger partial charge in [0.1, 0.15) is 11.6 Å². The number of hydrogen-bond donors (Lipinski definition) is 0. The first-order chi connectivity index (χ1) is 7.45. The Labute approximate surface area is 96.9 Å². The molecule has 0 aromatic heterocycles. The van der Waals surface area contributed by atoms with Crippen LogP contribution >= 0.6 is 11.8 Å². The fraction of sp³-hybridized carbons (Fsp3) is 0.400. The van der Waals surface area contributed by atoms with E-state index >= 15 is 0 Å². The lowest BCUT2D eigenvalue weighted by Crippen LogP contribution is -1.97. The third-order valence-electron chi connectivity index (χ3n) is 1.78. The van der Waals surface area contributed by atoms with E-state index in [1.807, 2.05) is 13.8 Å². The van der Waals surface area contributed by atoms with Crippen LogP contribution in [0.4, 0.5) is 10.1 Å². The zero-order chi connectivity index (χ0) is 12.3. The van der Waals surface area contributed by atoms with Gasteiger partial charge in [-0.25, -0.2) is 4.39 Å². The van der Waals surface area contributed by atoms with Gasteiger partial charge in [-0.15, -0.1) is 11.8 Å². The molecule has 88 valence electrons. The average molecular weight is 245 g/mol. The van der Waals surface area contributed by atoms with Crippen LogP contribution in [-0.4, -0.2) is 17.3 Å². The molecule has 16 heavy (non-hydrogen) atoms. The standard InChI is InChI=1S/C10H12FNO3S/c1-6(2)16-10-8(11)4-7(12(13)14)5-9(10)15-3/h4-6H,1-3H3. The van der Waals surface area contributed by atoms with Gasteiger partial charge in [-0.2, -0.15) is 0 Å². The Kier molecular flexibility index (Phi) is 4.12. The lowest BCUT2D eigenvalue weighted by atomic mass is 10.3. The lowest BCUT2D eigenvalue weighted by molar-refractivity contribution is -0.385. The van der Waals surface area contributed by atoms with Gasteiger partial charge in [-0.3, -0.25) is 10.1 Å². The van der Waals surface area contributed by atoms with Crippen LogP contribution in [0, 0.1) is 15.9 Å². The summed E-state index contributed by atoms with van der Waals surface area (Å²) in [6.07, 6.45) is 0. The zero-order valence-corrected chi connectivity index (χ0v) is 10.0. The third-order valence-corrected chi connectivity index (χ3v) is 2.88. The van der Waals surface area contributed by atoms with E-state index in [4.69, 9.17) is 4.74 Å². The largest absolute Gasteiger partial charge is 0.495 e. The molecular weight excluding hydrogens is 233 g/mol. The summed E-state index contributed by atoms with van der Waals surface area (Å²) in [7, 11) is 1.36. The second-order valence-electron chi connectivity index (χ2n) is 3.38. The van der Waals surface area contributed by atoms with Crippen LogP contribution in [0.5, 0.6) is 5.75 Å². The highest BCUT2D eigenvalue weighted by atomic mass is 32.2.